The van der Waals surface area contributed by atoms with Gasteiger partial charge in [-0.1, -0.05) is 48.0 Å². The number of ketones is 1. The van der Waals surface area contributed by atoms with Crippen molar-refractivity contribution in [3.63, 3.8) is 0 Å². The highest BCUT2D eigenvalue weighted by atomic mass is 16.2. The number of hydrogen-bond donors (Lipinski definition) is 4. The van der Waals surface area contributed by atoms with Crippen LogP contribution in [0.1, 0.15) is 86.5 Å². The Morgan fingerprint density at radius 2 is 1.61 bits per heavy atom. The summed E-state index contributed by atoms with van der Waals surface area (Å²) in [5.41, 5.74) is 5.07. The van der Waals surface area contributed by atoms with E-state index in [1.54, 1.807) is 13.8 Å². The first kappa shape index (κ1) is 33.0. The molecule has 0 bridgehead atoms. The number of Topliss-reactive ketones (excluding diaryl/α,β-unsaturated/α-hetero) is 1. The number of carbonyl (C=O) groups excluding carboxylic acids is 6. The van der Waals surface area contributed by atoms with E-state index in [-0.39, 0.29) is 66.6 Å². The molecule has 1 heterocycles. The summed E-state index contributed by atoms with van der Waals surface area (Å²) in [7, 11) is 0. The predicted molar refractivity (Wildman–Crippen MR) is 143 cm³/mol. The van der Waals surface area contributed by atoms with Crippen molar-refractivity contribution in [3.8, 4) is 0 Å². The molecule has 0 radical (unpaired) electrons. The molecule has 0 spiro atoms. The predicted octanol–water partition coefficient (Wildman–Crippen LogP) is 1.88. The molecule has 1 saturated heterocycles. The van der Waals surface area contributed by atoms with Crippen LogP contribution in [0.2, 0.25) is 0 Å². The number of amides is 6. The van der Waals surface area contributed by atoms with Crippen molar-refractivity contribution in [2.24, 2.45) is 29.4 Å². The van der Waals surface area contributed by atoms with Gasteiger partial charge in [0.2, 0.25) is 23.6 Å². The van der Waals surface area contributed by atoms with Gasteiger partial charge >= 0.3 is 6.03 Å². The maximum atomic E-state index is 13.0. The second kappa shape index (κ2) is 16.1. The highest BCUT2D eigenvalue weighted by Crippen LogP contribution is 2.26. The molecule has 0 aliphatic carbocycles. The standard InChI is InChI=1S/C27H47N5O6/c1-16(2)19-15-22(34)32(26(19)37)14-9-7-8-12-21(33)31-23(17(3)4)25(36)30-20(24(35)18(5)6)11-10-13-29-27(28)38/h16-20,23H,7-15H2,1-6H3,(H,30,36)(H,31,33)(H3,28,29,38). The molecule has 3 atom stereocenters. The van der Waals surface area contributed by atoms with Crippen molar-refractivity contribution in [3.05, 3.63) is 0 Å². The number of nitrogens with zero attached hydrogens (tertiary/aromatic N) is 1. The lowest BCUT2D eigenvalue weighted by Crippen LogP contribution is -2.54. The first-order valence-electron chi connectivity index (χ1n) is 13.8. The first-order valence-corrected chi connectivity index (χ1v) is 13.8. The number of hydrogen-bond acceptors (Lipinski definition) is 6. The highest BCUT2D eigenvalue weighted by Gasteiger charge is 2.39. The smallest absolute Gasteiger partial charge is 0.312 e. The summed E-state index contributed by atoms with van der Waals surface area (Å²) in [5.74, 6) is -1.67. The van der Waals surface area contributed by atoms with Crippen LogP contribution in [0.5, 0.6) is 0 Å². The van der Waals surface area contributed by atoms with Gasteiger partial charge < -0.3 is 21.7 Å². The van der Waals surface area contributed by atoms with Crippen molar-refractivity contribution >= 4 is 35.4 Å². The summed E-state index contributed by atoms with van der Waals surface area (Å²) >= 11 is 0. The van der Waals surface area contributed by atoms with E-state index >= 15 is 0 Å². The van der Waals surface area contributed by atoms with E-state index in [0.29, 0.717) is 38.6 Å². The van der Waals surface area contributed by atoms with E-state index in [9.17, 15) is 28.8 Å². The van der Waals surface area contributed by atoms with Gasteiger partial charge in [0, 0.05) is 37.8 Å². The Morgan fingerprint density at radius 1 is 0.947 bits per heavy atom. The van der Waals surface area contributed by atoms with Crippen molar-refractivity contribution in [2.75, 3.05) is 13.1 Å². The Hall–Kier alpha value is -2.98. The topological polar surface area (TPSA) is 168 Å². The number of rotatable bonds is 17. The molecular weight excluding hydrogens is 490 g/mol. The van der Waals surface area contributed by atoms with Crippen LogP contribution in [0.25, 0.3) is 0 Å². The number of carbonyl (C=O) groups is 6. The van der Waals surface area contributed by atoms with Crippen LogP contribution in [0.4, 0.5) is 4.79 Å². The minimum atomic E-state index is -0.804. The molecule has 5 N–H and O–H groups in total. The van der Waals surface area contributed by atoms with Gasteiger partial charge in [-0.15, -0.1) is 0 Å². The second-order valence-electron chi connectivity index (χ2n) is 11.1. The van der Waals surface area contributed by atoms with Gasteiger partial charge in [-0.3, -0.25) is 28.9 Å². The Balaban J connectivity index is 2.54. The molecule has 0 saturated carbocycles. The van der Waals surface area contributed by atoms with E-state index in [1.807, 2.05) is 27.7 Å². The summed E-state index contributed by atoms with van der Waals surface area (Å²) in [6.07, 6.45) is 3.11. The molecule has 0 aromatic rings. The van der Waals surface area contributed by atoms with Crippen LogP contribution >= 0.6 is 0 Å². The molecule has 6 amide bonds. The molecule has 11 heteroatoms. The lowest BCUT2D eigenvalue weighted by molar-refractivity contribution is -0.140. The quantitative estimate of drug-likeness (QED) is 0.163. The lowest BCUT2D eigenvalue weighted by Gasteiger charge is -2.26. The van der Waals surface area contributed by atoms with Crippen LogP contribution in [0.15, 0.2) is 0 Å². The number of likely N-dealkylation sites (tertiary alicyclic amines) is 1. The largest absolute Gasteiger partial charge is 0.352 e. The summed E-state index contributed by atoms with van der Waals surface area (Å²) < 4.78 is 0. The molecule has 216 valence electrons. The van der Waals surface area contributed by atoms with E-state index in [4.69, 9.17) is 5.73 Å². The van der Waals surface area contributed by atoms with E-state index < -0.39 is 24.0 Å². The average molecular weight is 538 g/mol. The monoisotopic (exact) mass is 537 g/mol. The molecule has 11 nitrogen and oxygen atoms in total. The third-order valence-corrected chi connectivity index (χ3v) is 6.83. The van der Waals surface area contributed by atoms with Gasteiger partial charge in [0.25, 0.3) is 0 Å². The maximum absolute atomic E-state index is 13.0. The fourth-order valence-corrected chi connectivity index (χ4v) is 4.44. The Morgan fingerprint density at radius 3 is 2.13 bits per heavy atom. The normalized spacial score (nSPS) is 17.2. The molecular formula is C27H47N5O6. The molecule has 0 aromatic heterocycles. The number of nitrogens with two attached hydrogens (primary N) is 1. The summed E-state index contributed by atoms with van der Waals surface area (Å²) in [6, 6.07) is -2.19. The number of primary amides is 1. The van der Waals surface area contributed by atoms with Crippen molar-refractivity contribution in [1.29, 1.82) is 0 Å². The second-order valence-corrected chi connectivity index (χ2v) is 11.1. The van der Waals surface area contributed by atoms with Crippen LogP contribution in [0, 0.1) is 23.7 Å². The van der Waals surface area contributed by atoms with Crippen LogP contribution in [-0.4, -0.2) is 65.5 Å². The van der Waals surface area contributed by atoms with Gasteiger partial charge in [-0.05, 0) is 37.5 Å². The minimum Gasteiger partial charge on any atom is -0.352 e. The number of nitrogens with one attached hydrogen (secondary N) is 3. The van der Waals surface area contributed by atoms with Crippen molar-refractivity contribution < 1.29 is 28.8 Å². The van der Waals surface area contributed by atoms with Crippen LogP contribution in [0.3, 0.4) is 0 Å². The lowest BCUT2D eigenvalue weighted by atomic mass is 9.94. The van der Waals surface area contributed by atoms with Crippen molar-refractivity contribution in [2.45, 2.75) is 98.6 Å². The zero-order valence-corrected chi connectivity index (χ0v) is 23.8. The maximum Gasteiger partial charge on any atom is 0.312 e. The van der Waals surface area contributed by atoms with Gasteiger partial charge in [-0.2, -0.15) is 0 Å². The molecule has 1 aliphatic rings. The van der Waals surface area contributed by atoms with Crippen LogP contribution in [-0.2, 0) is 24.0 Å². The molecule has 1 rings (SSSR count). The van der Waals surface area contributed by atoms with E-state index in [2.05, 4.69) is 16.0 Å². The molecule has 0 aromatic carbocycles. The molecule has 1 aliphatic heterocycles. The average Bonchev–Trinajstić information content (AvgIpc) is 3.11. The molecule has 1 fully saturated rings. The summed E-state index contributed by atoms with van der Waals surface area (Å²) in [4.78, 5) is 75.0. The highest BCUT2D eigenvalue weighted by molar-refractivity contribution is 6.03. The Bertz CT molecular complexity index is 857. The summed E-state index contributed by atoms with van der Waals surface area (Å²) in [5, 5.41) is 8.03. The van der Waals surface area contributed by atoms with Crippen molar-refractivity contribution in [1.82, 2.24) is 20.9 Å². The number of imide groups is 1. The summed E-state index contributed by atoms with van der Waals surface area (Å²) in [6.45, 7) is 11.7. The van der Waals surface area contributed by atoms with Gasteiger partial charge in [0.05, 0.1) is 6.04 Å². The number of urea groups is 1. The van der Waals surface area contributed by atoms with E-state index in [1.165, 1.54) is 4.90 Å². The Kier molecular flexibility index (Phi) is 14.0. The number of unbranched alkanes of at least 4 members (excludes halogenated alkanes) is 2. The molecule has 38 heavy (non-hydrogen) atoms. The fraction of sp³-hybridized carbons (Fsp3) is 0.778. The van der Waals surface area contributed by atoms with Crippen LogP contribution < -0.4 is 21.7 Å². The SMILES string of the molecule is CC(C)C(=O)C(CCCNC(N)=O)NC(=O)C(NC(=O)CCCCCN1C(=O)CC(C(C)C)C1=O)C(C)C. The van der Waals surface area contributed by atoms with E-state index in [0.717, 1.165) is 0 Å². The minimum absolute atomic E-state index is 0.105. The third-order valence-electron chi connectivity index (χ3n) is 6.83. The zero-order valence-electron chi connectivity index (χ0n) is 23.8. The first-order chi connectivity index (χ1) is 17.8. The Labute approximate surface area is 226 Å². The zero-order chi connectivity index (χ0) is 29.0. The van der Waals surface area contributed by atoms with Gasteiger partial charge in [0.15, 0.2) is 5.78 Å². The third kappa shape index (κ3) is 10.8. The molecule has 3 unspecified atom stereocenters. The van der Waals surface area contributed by atoms with Gasteiger partial charge in [0.1, 0.15) is 6.04 Å². The fourth-order valence-electron chi connectivity index (χ4n) is 4.44. The van der Waals surface area contributed by atoms with Gasteiger partial charge in [-0.25, -0.2) is 4.79 Å².